The summed E-state index contributed by atoms with van der Waals surface area (Å²) in [6.07, 6.45) is 1.96. The molecule has 3 rings (SSSR count). The van der Waals surface area contributed by atoms with Crippen molar-refractivity contribution in [2.45, 2.75) is 25.8 Å². The highest BCUT2D eigenvalue weighted by molar-refractivity contribution is 5.87. The molecule has 0 unspecified atom stereocenters. The van der Waals surface area contributed by atoms with Gasteiger partial charge >= 0.3 is 5.97 Å². The molecular formula is C22H23NO2. The van der Waals surface area contributed by atoms with Gasteiger partial charge in [-0.05, 0) is 60.3 Å². The number of hydrogen-bond acceptors (Lipinski definition) is 2. The largest absolute Gasteiger partial charge is 0.478 e. The Morgan fingerprint density at radius 2 is 1.72 bits per heavy atom. The Bertz CT molecular complexity index is 850. The van der Waals surface area contributed by atoms with Crippen molar-refractivity contribution >= 4 is 16.7 Å². The normalized spacial score (nSPS) is 12.2. The number of carbonyl (C=O) groups is 1. The Morgan fingerprint density at radius 3 is 2.48 bits per heavy atom. The summed E-state index contributed by atoms with van der Waals surface area (Å²) in [6, 6.07) is 22.3. The fourth-order valence-electron chi connectivity index (χ4n) is 3.16. The molecule has 2 N–H and O–H groups in total. The molecule has 128 valence electrons. The number of fused-ring (bicyclic) bond motifs is 1. The van der Waals surface area contributed by atoms with E-state index in [2.05, 4.69) is 54.7 Å². The molecule has 0 aromatic heterocycles. The molecule has 0 saturated carbocycles. The molecule has 0 aliphatic heterocycles. The van der Waals surface area contributed by atoms with Crippen molar-refractivity contribution in [1.29, 1.82) is 0 Å². The van der Waals surface area contributed by atoms with Crippen LogP contribution in [0, 0.1) is 0 Å². The highest BCUT2D eigenvalue weighted by Gasteiger charge is 2.08. The summed E-state index contributed by atoms with van der Waals surface area (Å²) in [6.45, 7) is 3.12. The third-order valence-corrected chi connectivity index (χ3v) is 4.58. The number of aryl methyl sites for hydroxylation is 1. The Morgan fingerprint density at radius 1 is 1.00 bits per heavy atom. The van der Waals surface area contributed by atoms with E-state index in [-0.39, 0.29) is 0 Å². The molecule has 3 heteroatoms. The van der Waals surface area contributed by atoms with Crippen molar-refractivity contribution in [2.75, 3.05) is 6.54 Å². The fraction of sp³-hybridized carbons (Fsp3) is 0.227. The Labute approximate surface area is 148 Å². The summed E-state index contributed by atoms with van der Waals surface area (Å²) in [7, 11) is 0. The number of nitrogens with one attached hydrogen (secondary N) is 1. The first-order chi connectivity index (χ1) is 12.1. The molecule has 3 aromatic carbocycles. The van der Waals surface area contributed by atoms with Crippen LogP contribution in [0.3, 0.4) is 0 Å². The molecule has 1 atom stereocenters. The minimum atomic E-state index is -0.878. The summed E-state index contributed by atoms with van der Waals surface area (Å²) < 4.78 is 0. The van der Waals surface area contributed by atoms with Crippen LogP contribution in [0.1, 0.15) is 40.9 Å². The molecule has 0 spiro atoms. The predicted molar refractivity (Wildman–Crippen MR) is 102 cm³/mol. The first-order valence-electron chi connectivity index (χ1n) is 8.68. The number of rotatable bonds is 7. The summed E-state index contributed by atoms with van der Waals surface area (Å²) in [5.41, 5.74) is 2.83. The lowest BCUT2D eigenvalue weighted by molar-refractivity contribution is 0.0697. The van der Waals surface area contributed by atoms with Gasteiger partial charge in [0.15, 0.2) is 0 Å². The first-order valence-corrected chi connectivity index (χ1v) is 8.68. The van der Waals surface area contributed by atoms with Crippen LogP contribution in [-0.2, 0) is 6.42 Å². The smallest absolute Gasteiger partial charge is 0.335 e. The van der Waals surface area contributed by atoms with Gasteiger partial charge in [0.2, 0.25) is 0 Å². The average Bonchev–Trinajstić information content (AvgIpc) is 2.65. The number of benzene rings is 3. The lowest BCUT2D eigenvalue weighted by Gasteiger charge is -2.16. The number of carboxylic acids is 1. The van der Waals surface area contributed by atoms with Gasteiger partial charge in [0.25, 0.3) is 0 Å². The average molecular weight is 333 g/mol. The van der Waals surface area contributed by atoms with Crippen LogP contribution >= 0.6 is 0 Å². The van der Waals surface area contributed by atoms with Gasteiger partial charge in [-0.2, -0.15) is 0 Å². The van der Waals surface area contributed by atoms with Gasteiger partial charge in [-0.15, -0.1) is 0 Å². The van der Waals surface area contributed by atoms with E-state index in [0.717, 1.165) is 19.4 Å². The molecule has 0 radical (unpaired) electrons. The maximum absolute atomic E-state index is 10.9. The second-order valence-corrected chi connectivity index (χ2v) is 6.35. The van der Waals surface area contributed by atoms with Gasteiger partial charge in [-0.1, -0.05) is 54.6 Å². The van der Waals surface area contributed by atoms with Gasteiger partial charge in [0, 0.05) is 6.04 Å². The third-order valence-electron chi connectivity index (χ3n) is 4.58. The predicted octanol–water partition coefficient (Wildman–Crippen LogP) is 4.82. The molecule has 0 heterocycles. The van der Waals surface area contributed by atoms with Crippen molar-refractivity contribution < 1.29 is 9.90 Å². The van der Waals surface area contributed by atoms with Crippen molar-refractivity contribution in [1.82, 2.24) is 5.32 Å². The summed E-state index contributed by atoms with van der Waals surface area (Å²) in [5.74, 6) is -0.878. The number of aromatic carboxylic acids is 1. The summed E-state index contributed by atoms with van der Waals surface area (Å²) in [5, 5.41) is 15.1. The van der Waals surface area contributed by atoms with Crippen molar-refractivity contribution in [3.05, 3.63) is 83.4 Å². The standard InChI is InChI=1S/C22H23NO2/c1-16(20-10-4-8-18-7-2-3-9-21(18)20)23-15-5-6-17-11-13-19(14-12-17)22(24)25/h2-4,7-14,16,23H,5-6,15H2,1H3,(H,24,25)/t16-/m1/s1. The molecule has 3 aromatic rings. The molecule has 0 aliphatic rings. The van der Waals surface area contributed by atoms with Gasteiger partial charge in [-0.25, -0.2) is 4.79 Å². The minimum absolute atomic E-state index is 0.292. The van der Waals surface area contributed by atoms with Gasteiger partial charge in [0.1, 0.15) is 0 Å². The molecule has 0 bridgehead atoms. The van der Waals surface area contributed by atoms with Crippen LogP contribution in [0.2, 0.25) is 0 Å². The quantitative estimate of drug-likeness (QED) is 0.609. The number of hydrogen-bond donors (Lipinski definition) is 2. The van der Waals surface area contributed by atoms with Crippen LogP contribution in [0.5, 0.6) is 0 Å². The molecular weight excluding hydrogens is 310 g/mol. The minimum Gasteiger partial charge on any atom is -0.478 e. The maximum atomic E-state index is 10.9. The van der Waals surface area contributed by atoms with Crippen molar-refractivity contribution in [3.8, 4) is 0 Å². The molecule has 25 heavy (non-hydrogen) atoms. The van der Waals surface area contributed by atoms with E-state index < -0.39 is 5.97 Å². The second-order valence-electron chi connectivity index (χ2n) is 6.35. The van der Waals surface area contributed by atoms with Gasteiger partial charge in [-0.3, -0.25) is 0 Å². The van der Waals surface area contributed by atoms with Crippen molar-refractivity contribution in [2.24, 2.45) is 0 Å². The van der Waals surface area contributed by atoms with Crippen LogP contribution in [0.25, 0.3) is 10.8 Å². The summed E-state index contributed by atoms with van der Waals surface area (Å²) in [4.78, 5) is 10.9. The Hall–Kier alpha value is -2.65. The highest BCUT2D eigenvalue weighted by atomic mass is 16.4. The molecule has 0 amide bonds. The van der Waals surface area contributed by atoms with E-state index in [1.165, 1.54) is 21.9 Å². The van der Waals surface area contributed by atoms with E-state index in [9.17, 15) is 4.79 Å². The second kappa shape index (κ2) is 7.95. The zero-order chi connectivity index (χ0) is 17.6. The van der Waals surface area contributed by atoms with Crippen LogP contribution in [-0.4, -0.2) is 17.6 Å². The lowest BCUT2D eigenvalue weighted by Crippen LogP contribution is -2.20. The fourth-order valence-corrected chi connectivity index (χ4v) is 3.16. The van der Waals surface area contributed by atoms with E-state index >= 15 is 0 Å². The van der Waals surface area contributed by atoms with Crippen LogP contribution in [0.15, 0.2) is 66.7 Å². The topological polar surface area (TPSA) is 49.3 Å². The summed E-state index contributed by atoms with van der Waals surface area (Å²) >= 11 is 0. The van der Waals surface area contributed by atoms with E-state index in [1.807, 2.05) is 12.1 Å². The van der Waals surface area contributed by atoms with Crippen molar-refractivity contribution in [3.63, 3.8) is 0 Å². The molecule has 0 saturated heterocycles. The van der Waals surface area contributed by atoms with E-state index in [1.54, 1.807) is 12.1 Å². The third kappa shape index (κ3) is 4.25. The van der Waals surface area contributed by atoms with Gasteiger partial charge in [0.05, 0.1) is 5.56 Å². The molecule has 3 nitrogen and oxygen atoms in total. The van der Waals surface area contributed by atoms with E-state index in [0.29, 0.717) is 11.6 Å². The first kappa shape index (κ1) is 17.2. The monoisotopic (exact) mass is 333 g/mol. The SMILES string of the molecule is C[C@@H](NCCCc1ccc(C(=O)O)cc1)c1cccc2ccccc12. The highest BCUT2D eigenvalue weighted by Crippen LogP contribution is 2.24. The zero-order valence-corrected chi connectivity index (χ0v) is 14.4. The van der Waals surface area contributed by atoms with E-state index in [4.69, 9.17) is 5.11 Å². The maximum Gasteiger partial charge on any atom is 0.335 e. The molecule has 0 aliphatic carbocycles. The Kier molecular flexibility index (Phi) is 5.46. The van der Waals surface area contributed by atoms with Gasteiger partial charge < -0.3 is 10.4 Å². The molecule has 0 fully saturated rings. The Balaban J connectivity index is 1.54. The zero-order valence-electron chi connectivity index (χ0n) is 14.4. The lowest BCUT2D eigenvalue weighted by atomic mass is 9.99. The van der Waals surface area contributed by atoms with Crippen LogP contribution in [0.4, 0.5) is 0 Å². The number of carboxylic acid groups (broad SMARTS) is 1. The van der Waals surface area contributed by atoms with Crippen LogP contribution < -0.4 is 5.32 Å².